The maximum Gasteiger partial charge on any atom is 0.262 e. The highest BCUT2D eigenvalue weighted by atomic mass is 32.2. The van der Waals surface area contributed by atoms with Crippen LogP contribution in [0.5, 0.6) is 0 Å². The number of sulfonamides is 1. The van der Waals surface area contributed by atoms with Crippen molar-refractivity contribution < 1.29 is 17.6 Å². The van der Waals surface area contributed by atoms with E-state index in [-0.39, 0.29) is 22.1 Å². The highest BCUT2D eigenvalue weighted by Gasteiger charge is 2.23. The lowest BCUT2D eigenvalue weighted by atomic mass is 9.99. The molecule has 0 saturated heterocycles. The molecule has 1 aliphatic rings. The monoisotopic (exact) mass is 410 g/mol. The average molecular weight is 410 g/mol. The first-order valence-electron chi connectivity index (χ1n) is 9.17. The van der Waals surface area contributed by atoms with Crippen LogP contribution in [0.1, 0.15) is 21.5 Å². The lowest BCUT2D eigenvalue weighted by molar-refractivity contribution is 0.0734. The largest absolute Gasteiger partial charge is 0.334 e. The van der Waals surface area contributed by atoms with Crippen molar-refractivity contribution in [3.63, 3.8) is 0 Å². The Labute approximate surface area is 168 Å². The van der Waals surface area contributed by atoms with Gasteiger partial charge in [-0.3, -0.25) is 9.52 Å². The molecule has 148 valence electrons. The molecular weight excluding hydrogens is 391 g/mol. The van der Waals surface area contributed by atoms with Gasteiger partial charge < -0.3 is 4.90 Å². The number of halogens is 1. The Morgan fingerprint density at radius 1 is 0.931 bits per heavy atom. The van der Waals surface area contributed by atoms with Crippen LogP contribution in [-0.4, -0.2) is 25.8 Å². The number of benzene rings is 3. The number of nitrogens with one attached hydrogen (secondary N) is 1. The van der Waals surface area contributed by atoms with E-state index in [0.717, 1.165) is 12.0 Å². The van der Waals surface area contributed by atoms with Crippen LogP contribution >= 0.6 is 0 Å². The van der Waals surface area contributed by atoms with Gasteiger partial charge in [0.25, 0.3) is 15.9 Å². The predicted molar refractivity (Wildman–Crippen MR) is 109 cm³/mol. The summed E-state index contributed by atoms with van der Waals surface area (Å²) < 4.78 is 41.4. The fraction of sp³-hybridized carbons (Fsp3) is 0.136. The summed E-state index contributed by atoms with van der Waals surface area (Å²) in [6.45, 7) is 1.06. The van der Waals surface area contributed by atoms with Gasteiger partial charge in [0.1, 0.15) is 5.82 Å². The molecule has 7 heteroatoms. The molecule has 29 heavy (non-hydrogen) atoms. The SMILES string of the molecule is O=C(c1cccc(S(=O)(=O)Nc2ccccc2F)c1)N1CCc2ccccc2C1. The Bertz CT molecular complexity index is 1180. The molecule has 0 radical (unpaired) electrons. The molecule has 4 rings (SSSR count). The molecule has 0 bridgehead atoms. The van der Waals surface area contributed by atoms with Gasteiger partial charge in [0.2, 0.25) is 0 Å². The van der Waals surface area contributed by atoms with Gasteiger partial charge in [-0.05, 0) is 47.9 Å². The summed E-state index contributed by atoms with van der Waals surface area (Å²) in [7, 11) is -4.03. The number of nitrogens with zero attached hydrogens (tertiary/aromatic N) is 1. The van der Waals surface area contributed by atoms with E-state index >= 15 is 0 Å². The smallest absolute Gasteiger partial charge is 0.262 e. The quantitative estimate of drug-likeness (QED) is 0.711. The number of fused-ring (bicyclic) bond motifs is 1. The Balaban J connectivity index is 1.57. The molecule has 1 amide bonds. The van der Waals surface area contributed by atoms with Crippen molar-refractivity contribution in [3.05, 3.63) is 95.3 Å². The summed E-state index contributed by atoms with van der Waals surface area (Å²) in [5, 5.41) is 0. The van der Waals surface area contributed by atoms with Crippen molar-refractivity contribution in [1.29, 1.82) is 0 Å². The second-order valence-corrected chi connectivity index (χ2v) is 8.54. The third-order valence-corrected chi connectivity index (χ3v) is 6.29. The third kappa shape index (κ3) is 4.00. The van der Waals surface area contributed by atoms with Crippen LogP contribution < -0.4 is 4.72 Å². The molecule has 0 unspecified atom stereocenters. The van der Waals surface area contributed by atoms with Crippen molar-refractivity contribution in [3.8, 4) is 0 Å². The van der Waals surface area contributed by atoms with E-state index in [4.69, 9.17) is 0 Å². The Morgan fingerprint density at radius 2 is 1.66 bits per heavy atom. The summed E-state index contributed by atoms with van der Waals surface area (Å²) in [4.78, 5) is 14.6. The van der Waals surface area contributed by atoms with Crippen LogP contribution in [0.4, 0.5) is 10.1 Å². The van der Waals surface area contributed by atoms with Crippen molar-refractivity contribution in [2.24, 2.45) is 0 Å². The lowest BCUT2D eigenvalue weighted by Gasteiger charge is -2.29. The number of anilines is 1. The van der Waals surface area contributed by atoms with Gasteiger partial charge in [0.15, 0.2) is 0 Å². The van der Waals surface area contributed by atoms with Crippen molar-refractivity contribution in [2.45, 2.75) is 17.9 Å². The molecule has 1 aliphatic heterocycles. The van der Waals surface area contributed by atoms with Crippen molar-refractivity contribution >= 4 is 21.6 Å². The van der Waals surface area contributed by atoms with E-state index in [1.165, 1.54) is 48.0 Å². The fourth-order valence-corrected chi connectivity index (χ4v) is 4.51. The molecule has 0 fully saturated rings. The van der Waals surface area contributed by atoms with Crippen LogP contribution in [-0.2, 0) is 23.0 Å². The first kappa shape index (κ1) is 19.1. The molecule has 0 atom stereocenters. The highest BCUT2D eigenvalue weighted by molar-refractivity contribution is 7.92. The van der Waals surface area contributed by atoms with Crippen LogP contribution in [0.15, 0.2) is 77.7 Å². The minimum Gasteiger partial charge on any atom is -0.334 e. The molecular formula is C22H19FN2O3S. The van der Waals surface area contributed by atoms with Gasteiger partial charge in [0.05, 0.1) is 10.6 Å². The van der Waals surface area contributed by atoms with Gasteiger partial charge in [-0.15, -0.1) is 0 Å². The Morgan fingerprint density at radius 3 is 2.45 bits per heavy atom. The number of hydrogen-bond acceptors (Lipinski definition) is 3. The first-order valence-corrected chi connectivity index (χ1v) is 10.7. The van der Waals surface area contributed by atoms with Crippen LogP contribution in [0, 0.1) is 5.82 Å². The summed E-state index contributed by atoms with van der Waals surface area (Å²) in [5.74, 6) is -0.905. The van der Waals surface area contributed by atoms with Gasteiger partial charge in [-0.2, -0.15) is 0 Å². The number of hydrogen-bond donors (Lipinski definition) is 1. The van der Waals surface area contributed by atoms with Gasteiger partial charge in [-0.25, -0.2) is 12.8 Å². The molecule has 0 saturated carbocycles. The second-order valence-electron chi connectivity index (χ2n) is 6.86. The van der Waals surface area contributed by atoms with E-state index in [9.17, 15) is 17.6 Å². The second kappa shape index (κ2) is 7.67. The van der Waals surface area contributed by atoms with Crippen LogP contribution in [0.3, 0.4) is 0 Å². The highest BCUT2D eigenvalue weighted by Crippen LogP contribution is 2.23. The summed E-state index contributed by atoms with van der Waals surface area (Å²) in [6.07, 6.45) is 0.759. The summed E-state index contributed by atoms with van der Waals surface area (Å²) in [5.41, 5.74) is 2.46. The maximum atomic E-state index is 13.8. The number of carbonyl (C=O) groups is 1. The van der Waals surface area contributed by atoms with E-state index in [1.54, 1.807) is 11.0 Å². The minimum atomic E-state index is -4.03. The van der Waals surface area contributed by atoms with E-state index in [1.807, 2.05) is 18.2 Å². The van der Waals surface area contributed by atoms with E-state index < -0.39 is 15.8 Å². The van der Waals surface area contributed by atoms with Gasteiger partial charge in [-0.1, -0.05) is 42.5 Å². The van der Waals surface area contributed by atoms with Gasteiger partial charge in [0, 0.05) is 18.7 Å². The Hall–Kier alpha value is -3.19. The fourth-order valence-electron chi connectivity index (χ4n) is 3.40. The molecule has 0 spiro atoms. The third-order valence-electron chi connectivity index (χ3n) is 4.93. The normalized spacial score (nSPS) is 13.6. The zero-order valence-electron chi connectivity index (χ0n) is 15.5. The molecule has 0 aliphatic carbocycles. The maximum absolute atomic E-state index is 13.8. The molecule has 3 aromatic carbocycles. The van der Waals surface area contributed by atoms with Gasteiger partial charge >= 0.3 is 0 Å². The lowest BCUT2D eigenvalue weighted by Crippen LogP contribution is -2.36. The average Bonchev–Trinajstić information content (AvgIpc) is 2.74. The first-order chi connectivity index (χ1) is 13.9. The molecule has 3 aromatic rings. The Kier molecular flexibility index (Phi) is 5.07. The van der Waals surface area contributed by atoms with Crippen LogP contribution in [0.2, 0.25) is 0 Å². The predicted octanol–water partition coefficient (Wildman–Crippen LogP) is 3.83. The molecule has 0 aromatic heterocycles. The molecule has 1 N–H and O–H groups in total. The number of carbonyl (C=O) groups excluding carboxylic acids is 1. The summed E-state index contributed by atoms with van der Waals surface area (Å²) in [6, 6.07) is 19.3. The van der Waals surface area contributed by atoms with E-state index in [0.29, 0.717) is 13.1 Å². The van der Waals surface area contributed by atoms with Crippen molar-refractivity contribution in [1.82, 2.24) is 4.90 Å². The van der Waals surface area contributed by atoms with E-state index in [2.05, 4.69) is 10.8 Å². The molecule has 1 heterocycles. The van der Waals surface area contributed by atoms with Crippen molar-refractivity contribution in [2.75, 3.05) is 11.3 Å². The minimum absolute atomic E-state index is 0.0935. The summed E-state index contributed by atoms with van der Waals surface area (Å²) >= 11 is 0. The zero-order chi connectivity index (χ0) is 20.4. The number of para-hydroxylation sites is 1. The molecule has 5 nitrogen and oxygen atoms in total. The standard InChI is InChI=1S/C22H19FN2O3S/c23-20-10-3-4-11-21(20)24-29(27,28)19-9-5-8-17(14-19)22(26)25-13-12-16-6-1-2-7-18(16)15-25/h1-11,14,24H,12-13,15H2. The number of rotatable bonds is 4. The zero-order valence-corrected chi connectivity index (χ0v) is 16.3. The topological polar surface area (TPSA) is 66.5 Å². The number of amides is 1. The van der Waals surface area contributed by atoms with Crippen LogP contribution in [0.25, 0.3) is 0 Å².